The molecule has 2 N–H and O–H groups in total. The van der Waals surface area contributed by atoms with Crippen LogP contribution in [0.2, 0.25) is 5.02 Å². The molecule has 29 heavy (non-hydrogen) atoms. The first-order valence-electron chi connectivity index (χ1n) is 9.80. The molecule has 1 aliphatic heterocycles. The number of hydrogen-bond acceptors (Lipinski definition) is 2. The molecule has 1 aliphatic rings. The summed E-state index contributed by atoms with van der Waals surface area (Å²) in [5, 5.41) is 13.4. The van der Waals surface area contributed by atoms with Crippen LogP contribution >= 0.6 is 11.6 Å². The molecule has 3 rings (SSSR count). The second kappa shape index (κ2) is 8.46. The lowest BCUT2D eigenvalue weighted by molar-refractivity contribution is 0.0319. The quantitative estimate of drug-likeness (QED) is 0.740. The van der Waals surface area contributed by atoms with Crippen molar-refractivity contribution in [3.05, 3.63) is 70.7 Å². The third-order valence-corrected chi connectivity index (χ3v) is 5.87. The van der Waals surface area contributed by atoms with E-state index < -0.39 is 6.09 Å². The molecule has 1 fully saturated rings. The Kier molecular flexibility index (Phi) is 6.18. The predicted molar refractivity (Wildman–Crippen MR) is 114 cm³/mol. The van der Waals surface area contributed by atoms with Gasteiger partial charge in [0.25, 0.3) is 5.91 Å². The minimum absolute atomic E-state index is 0.174. The van der Waals surface area contributed by atoms with Crippen LogP contribution in [0.25, 0.3) is 0 Å². The summed E-state index contributed by atoms with van der Waals surface area (Å²) in [6, 6.07) is 16.3. The summed E-state index contributed by atoms with van der Waals surface area (Å²) >= 11 is 6.21. The Morgan fingerprint density at radius 3 is 2.28 bits per heavy atom. The zero-order valence-electron chi connectivity index (χ0n) is 16.9. The van der Waals surface area contributed by atoms with Crippen molar-refractivity contribution in [3.8, 4) is 0 Å². The second-order valence-corrected chi connectivity index (χ2v) is 8.98. The highest BCUT2D eigenvalue weighted by atomic mass is 35.5. The molecular formula is C23H27ClN2O3. The van der Waals surface area contributed by atoms with Gasteiger partial charge in [0.05, 0.1) is 10.6 Å². The summed E-state index contributed by atoms with van der Waals surface area (Å²) in [4.78, 5) is 26.5. The van der Waals surface area contributed by atoms with E-state index in [2.05, 4.69) is 5.32 Å². The Balaban J connectivity index is 2.00. The van der Waals surface area contributed by atoms with Crippen LogP contribution in [0.4, 0.5) is 4.79 Å². The Morgan fingerprint density at radius 2 is 1.69 bits per heavy atom. The number of halogens is 1. The average molecular weight is 415 g/mol. The molecule has 1 heterocycles. The number of piperidine rings is 1. The van der Waals surface area contributed by atoms with Crippen molar-refractivity contribution >= 4 is 23.6 Å². The molecular weight excluding hydrogens is 388 g/mol. The highest BCUT2D eigenvalue weighted by Gasteiger charge is 2.47. The van der Waals surface area contributed by atoms with Crippen LogP contribution in [0.15, 0.2) is 54.6 Å². The fourth-order valence-electron chi connectivity index (χ4n) is 4.37. The number of likely N-dealkylation sites (tertiary alicyclic amines) is 1. The van der Waals surface area contributed by atoms with Crippen LogP contribution in [0.5, 0.6) is 0 Å². The Labute approximate surface area is 176 Å². The molecule has 1 saturated heterocycles. The Morgan fingerprint density at radius 1 is 1.07 bits per heavy atom. The first-order valence-corrected chi connectivity index (χ1v) is 10.2. The van der Waals surface area contributed by atoms with Gasteiger partial charge in [-0.05, 0) is 29.5 Å². The van der Waals surface area contributed by atoms with Crippen LogP contribution in [0, 0.1) is 5.41 Å². The first-order chi connectivity index (χ1) is 13.7. The standard InChI is InChI=1S/C23H27ClN2O3/c1-23(2,3)20-19(15-9-5-4-6-10-15)18(13-14-26(20)22(28)29)25-21(27)16-11-7-8-12-17(16)24/h4-12,18-20H,13-14H2,1-3H3,(H,25,27)(H,28,29). The van der Waals surface area contributed by atoms with Crippen molar-refractivity contribution < 1.29 is 14.7 Å². The molecule has 0 spiro atoms. The van der Waals surface area contributed by atoms with Gasteiger partial charge in [-0.1, -0.05) is 74.8 Å². The number of benzene rings is 2. The largest absolute Gasteiger partial charge is 0.465 e. The van der Waals surface area contributed by atoms with Crippen molar-refractivity contribution in [1.29, 1.82) is 0 Å². The van der Waals surface area contributed by atoms with Gasteiger partial charge in [-0.15, -0.1) is 0 Å². The van der Waals surface area contributed by atoms with Gasteiger partial charge in [0, 0.05) is 24.5 Å². The highest BCUT2D eigenvalue weighted by Crippen LogP contribution is 2.42. The molecule has 0 bridgehead atoms. The van der Waals surface area contributed by atoms with Gasteiger partial charge >= 0.3 is 6.09 Å². The van der Waals surface area contributed by atoms with Crippen LogP contribution in [0.3, 0.4) is 0 Å². The van der Waals surface area contributed by atoms with Crippen LogP contribution in [0.1, 0.15) is 49.0 Å². The van der Waals surface area contributed by atoms with E-state index in [1.807, 2.05) is 51.1 Å². The van der Waals surface area contributed by atoms with E-state index in [0.29, 0.717) is 23.6 Å². The number of hydrogen-bond donors (Lipinski definition) is 2. The third kappa shape index (κ3) is 4.56. The maximum atomic E-state index is 13.0. The lowest BCUT2D eigenvalue weighted by Gasteiger charge is -2.50. The van der Waals surface area contributed by atoms with E-state index >= 15 is 0 Å². The summed E-state index contributed by atoms with van der Waals surface area (Å²) in [5.74, 6) is -0.412. The minimum atomic E-state index is -0.929. The van der Waals surface area contributed by atoms with E-state index in [0.717, 1.165) is 5.56 Å². The zero-order chi connectivity index (χ0) is 21.2. The molecule has 2 aromatic rings. The molecule has 6 heteroatoms. The zero-order valence-corrected chi connectivity index (χ0v) is 17.7. The number of amides is 2. The number of carbonyl (C=O) groups is 2. The lowest BCUT2D eigenvalue weighted by Crippen LogP contribution is -2.60. The lowest BCUT2D eigenvalue weighted by atomic mass is 9.69. The van der Waals surface area contributed by atoms with Gasteiger partial charge in [-0.2, -0.15) is 0 Å². The smallest absolute Gasteiger partial charge is 0.407 e. The fraction of sp³-hybridized carbons (Fsp3) is 0.391. The van der Waals surface area contributed by atoms with Crippen LogP contribution < -0.4 is 5.32 Å². The molecule has 3 atom stereocenters. The van der Waals surface area contributed by atoms with Gasteiger partial charge < -0.3 is 15.3 Å². The Hall–Kier alpha value is -2.53. The van der Waals surface area contributed by atoms with E-state index in [1.54, 1.807) is 24.3 Å². The molecule has 2 aromatic carbocycles. The summed E-state index contributed by atoms with van der Waals surface area (Å²) in [6.07, 6.45) is -0.393. The molecule has 3 unspecified atom stereocenters. The van der Waals surface area contributed by atoms with Gasteiger partial charge in [0.1, 0.15) is 0 Å². The van der Waals surface area contributed by atoms with Crippen molar-refractivity contribution in [2.24, 2.45) is 5.41 Å². The second-order valence-electron chi connectivity index (χ2n) is 8.57. The number of carbonyl (C=O) groups excluding carboxylic acids is 1. The van der Waals surface area contributed by atoms with Gasteiger partial charge in [-0.3, -0.25) is 4.79 Å². The number of nitrogens with zero attached hydrogens (tertiary/aromatic N) is 1. The molecule has 0 saturated carbocycles. The van der Waals surface area contributed by atoms with Crippen molar-refractivity contribution in [2.75, 3.05) is 6.54 Å². The normalized spacial score (nSPS) is 22.2. The van der Waals surface area contributed by atoms with E-state index in [9.17, 15) is 14.7 Å². The summed E-state index contributed by atoms with van der Waals surface area (Å²) in [6.45, 7) is 6.50. The SMILES string of the molecule is CC(C)(C)C1C(c2ccccc2)C(NC(=O)c2ccccc2Cl)CCN1C(=O)O. The van der Waals surface area contributed by atoms with E-state index in [4.69, 9.17) is 11.6 Å². The van der Waals surface area contributed by atoms with E-state index in [1.165, 1.54) is 4.90 Å². The topological polar surface area (TPSA) is 69.6 Å². The third-order valence-electron chi connectivity index (χ3n) is 5.54. The maximum Gasteiger partial charge on any atom is 0.407 e. The summed E-state index contributed by atoms with van der Waals surface area (Å²) in [5.41, 5.74) is 1.13. The average Bonchev–Trinajstić information content (AvgIpc) is 2.67. The minimum Gasteiger partial charge on any atom is -0.465 e. The van der Waals surface area contributed by atoms with Crippen LogP contribution in [-0.2, 0) is 0 Å². The summed E-state index contributed by atoms with van der Waals surface area (Å²) in [7, 11) is 0. The monoisotopic (exact) mass is 414 g/mol. The molecule has 2 amide bonds. The van der Waals surface area contributed by atoms with Crippen LogP contribution in [-0.4, -0.2) is 40.6 Å². The molecule has 0 radical (unpaired) electrons. The highest BCUT2D eigenvalue weighted by molar-refractivity contribution is 6.33. The van der Waals surface area contributed by atoms with Gasteiger partial charge in [0.15, 0.2) is 0 Å². The van der Waals surface area contributed by atoms with Gasteiger partial charge in [0.2, 0.25) is 0 Å². The molecule has 5 nitrogen and oxygen atoms in total. The number of carboxylic acid groups (broad SMARTS) is 1. The van der Waals surface area contributed by atoms with Crippen molar-refractivity contribution in [1.82, 2.24) is 10.2 Å². The Bertz CT molecular complexity index is 879. The summed E-state index contributed by atoms with van der Waals surface area (Å²) < 4.78 is 0. The van der Waals surface area contributed by atoms with Gasteiger partial charge in [-0.25, -0.2) is 4.79 Å². The molecule has 0 aromatic heterocycles. The first kappa shape index (κ1) is 21.2. The van der Waals surface area contributed by atoms with Crippen molar-refractivity contribution in [2.45, 2.75) is 45.2 Å². The fourth-order valence-corrected chi connectivity index (χ4v) is 4.60. The number of nitrogens with one attached hydrogen (secondary N) is 1. The molecule has 154 valence electrons. The van der Waals surface area contributed by atoms with E-state index in [-0.39, 0.29) is 29.3 Å². The number of rotatable bonds is 3. The molecule has 0 aliphatic carbocycles. The maximum absolute atomic E-state index is 13.0. The predicted octanol–water partition coefficient (Wildman–Crippen LogP) is 5.02. The van der Waals surface area contributed by atoms with Crippen molar-refractivity contribution in [3.63, 3.8) is 0 Å².